The smallest absolute Gasteiger partial charge is 0.338 e. The van der Waals surface area contributed by atoms with E-state index in [9.17, 15) is 9.18 Å². The van der Waals surface area contributed by atoms with Crippen molar-refractivity contribution in [3.63, 3.8) is 0 Å². The van der Waals surface area contributed by atoms with Crippen LogP contribution in [0.2, 0.25) is 0 Å². The highest BCUT2D eigenvalue weighted by molar-refractivity contribution is 14.1. The second kappa shape index (κ2) is 11.3. The van der Waals surface area contributed by atoms with Gasteiger partial charge in [0.25, 0.3) is 5.89 Å². The van der Waals surface area contributed by atoms with E-state index < -0.39 is 23.5 Å². The van der Waals surface area contributed by atoms with Gasteiger partial charge in [-0.25, -0.2) is 9.18 Å². The number of nitrogens with two attached hydrogens (primary N) is 1. The number of nitrogens with zero attached hydrogens (tertiary/aromatic N) is 3. The van der Waals surface area contributed by atoms with E-state index in [1.807, 2.05) is 20.8 Å². The summed E-state index contributed by atoms with van der Waals surface area (Å²) in [7, 11) is 0. The van der Waals surface area contributed by atoms with E-state index in [-0.39, 0.29) is 21.7 Å². The molecule has 0 amide bonds. The van der Waals surface area contributed by atoms with Crippen LogP contribution < -0.4 is 10.5 Å². The zero-order valence-corrected chi connectivity index (χ0v) is 20.9. The van der Waals surface area contributed by atoms with Gasteiger partial charge in [-0.15, -0.1) is 0 Å². The fourth-order valence-corrected chi connectivity index (χ4v) is 2.88. The number of halogens is 2. The minimum absolute atomic E-state index is 0.0880. The molecule has 2 unspecified atom stereocenters. The maximum Gasteiger partial charge on any atom is 0.338 e. The molecule has 0 spiro atoms. The van der Waals surface area contributed by atoms with Crippen molar-refractivity contribution in [2.75, 3.05) is 0 Å². The molecule has 9 nitrogen and oxygen atoms in total. The largest absolute Gasteiger partial charge is 0.481 e. The van der Waals surface area contributed by atoms with Gasteiger partial charge in [-0.05, 0) is 71.5 Å². The third-order valence-corrected chi connectivity index (χ3v) is 6.42. The fraction of sp³-hybridized carbons (Fsp3) is 0.304. The summed E-state index contributed by atoms with van der Waals surface area (Å²) in [5.74, 6) is -0.798. The Kier molecular flexibility index (Phi) is 8.42. The molecule has 2 aromatic carbocycles. The van der Waals surface area contributed by atoms with Crippen molar-refractivity contribution in [1.29, 1.82) is 0 Å². The molecule has 0 bridgehead atoms. The number of carbonyl (C=O) groups is 1. The zero-order chi connectivity index (χ0) is 24.8. The second-order valence-corrected chi connectivity index (χ2v) is 8.90. The summed E-state index contributed by atoms with van der Waals surface area (Å²) in [5.41, 5.74) is 6.53. The minimum atomic E-state index is -1.35. The summed E-state index contributed by atoms with van der Waals surface area (Å²) in [6.45, 7) is 5.94. The Labute approximate surface area is 209 Å². The lowest BCUT2D eigenvalue weighted by atomic mass is 10.1. The summed E-state index contributed by atoms with van der Waals surface area (Å²) >= 11 is 2.16. The van der Waals surface area contributed by atoms with Gasteiger partial charge < -0.3 is 24.9 Å². The molecule has 0 aliphatic heterocycles. The molecule has 2 atom stereocenters. The maximum absolute atomic E-state index is 14.0. The van der Waals surface area contributed by atoms with Crippen LogP contribution in [0.5, 0.6) is 5.75 Å². The van der Waals surface area contributed by atoms with Crippen LogP contribution in [-0.2, 0) is 4.84 Å². The number of benzene rings is 2. The molecule has 3 N–H and O–H groups in total. The van der Waals surface area contributed by atoms with Crippen molar-refractivity contribution < 1.29 is 28.4 Å². The highest BCUT2D eigenvalue weighted by atomic mass is 127. The number of aromatic nitrogens is 2. The van der Waals surface area contributed by atoms with Gasteiger partial charge in [-0.1, -0.05) is 31.1 Å². The van der Waals surface area contributed by atoms with Crippen molar-refractivity contribution in [2.24, 2.45) is 16.8 Å². The molecule has 3 aromatic rings. The Morgan fingerprint density at radius 2 is 1.97 bits per heavy atom. The molecule has 0 radical (unpaired) electrons. The molecule has 0 fully saturated rings. The molecule has 1 aromatic heterocycles. The number of carboxylic acid groups (broad SMARTS) is 1. The van der Waals surface area contributed by atoms with Crippen LogP contribution in [0.3, 0.4) is 0 Å². The Hall–Kier alpha value is -3.22. The average molecular weight is 582 g/mol. The van der Waals surface area contributed by atoms with Crippen LogP contribution in [-0.4, -0.2) is 31.2 Å². The number of ether oxygens (including phenoxy) is 1. The van der Waals surface area contributed by atoms with Gasteiger partial charge in [0, 0.05) is 17.0 Å². The molecule has 0 aliphatic carbocycles. The van der Waals surface area contributed by atoms with Crippen LogP contribution in [0.15, 0.2) is 52.1 Å². The van der Waals surface area contributed by atoms with Gasteiger partial charge in [-0.2, -0.15) is 4.98 Å². The van der Waals surface area contributed by atoms with Gasteiger partial charge in [0.1, 0.15) is 11.6 Å². The second-order valence-electron chi connectivity index (χ2n) is 7.67. The zero-order valence-electron chi connectivity index (χ0n) is 18.7. The molecular weight excluding hydrogens is 558 g/mol. The van der Waals surface area contributed by atoms with Gasteiger partial charge in [0.05, 0.1) is 5.56 Å². The Morgan fingerprint density at radius 1 is 1.26 bits per heavy atom. The van der Waals surface area contributed by atoms with Crippen molar-refractivity contribution in [1.82, 2.24) is 10.1 Å². The van der Waals surface area contributed by atoms with E-state index in [1.165, 1.54) is 6.07 Å². The van der Waals surface area contributed by atoms with E-state index in [4.69, 9.17) is 24.9 Å². The normalized spacial score (nSPS) is 13.5. The first-order chi connectivity index (χ1) is 16.2. The first-order valence-corrected chi connectivity index (χ1v) is 11.7. The third kappa shape index (κ3) is 6.22. The van der Waals surface area contributed by atoms with E-state index in [0.717, 1.165) is 12.1 Å². The number of hydrogen-bond donors (Lipinski definition) is 2. The highest BCUT2D eigenvalue weighted by Gasteiger charge is 2.21. The molecule has 11 heteroatoms. The van der Waals surface area contributed by atoms with Crippen LogP contribution in [0.1, 0.15) is 55.1 Å². The summed E-state index contributed by atoms with van der Waals surface area (Å²) < 4.78 is 25.2. The van der Waals surface area contributed by atoms with Crippen LogP contribution in [0, 0.1) is 11.7 Å². The number of oxime groups is 1. The number of rotatable bonds is 10. The lowest BCUT2D eigenvalue weighted by Crippen LogP contribution is -2.17. The highest BCUT2D eigenvalue weighted by Crippen LogP contribution is 2.27. The molecule has 1 heterocycles. The SMILES string of the molecule is CCC(Oc1ccc(/C(N)=N/OC(I)C(C)C)cc1)c1nc(-c2ccc(C(=O)O)c(F)c2)no1. The van der Waals surface area contributed by atoms with Crippen molar-refractivity contribution in [3.05, 3.63) is 65.3 Å². The number of carboxylic acids is 1. The van der Waals surface area contributed by atoms with Gasteiger partial charge in [-0.3, -0.25) is 0 Å². The molecule has 0 aliphatic rings. The quantitative estimate of drug-likeness (QED) is 0.110. The molecule has 0 saturated heterocycles. The van der Waals surface area contributed by atoms with Crippen LogP contribution in [0.25, 0.3) is 11.4 Å². The molecule has 34 heavy (non-hydrogen) atoms. The standard InChI is InChI=1S/C23H24FIN4O5/c1-4-18(22-27-21(29-34-22)14-7-10-16(23(30)31)17(24)11-14)32-15-8-5-13(6-9-15)20(26)28-33-19(25)12(2)3/h5-12,18-19H,4H2,1-3H3,(H2,26,28)(H,30,31). The number of amidine groups is 1. The van der Waals surface area contributed by atoms with E-state index in [1.54, 1.807) is 24.3 Å². The Balaban J connectivity index is 1.70. The number of alkyl halides is 1. The first-order valence-electron chi connectivity index (χ1n) is 10.5. The lowest BCUT2D eigenvalue weighted by molar-refractivity contribution is 0.0692. The Bertz CT molecular complexity index is 1170. The minimum Gasteiger partial charge on any atom is -0.481 e. The van der Waals surface area contributed by atoms with E-state index in [0.29, 0.717) is 29.2 Å². The van der Waals surface area contributed by atoms with Gasteiger partial charge in [0.15, 0.2) is 16.1 Å². The summed E-state index contributed by atoms with van der Waals surface area (Å²) in [5, 5.41) is 16.8. The van der Waals surface area contributed by atoms with Crippen LogP contribution >= 0.6 is 22.6 Å². The number of hydrogen-bond acceptors (Lipinski definition) is 7. The number of aromatic carboxylic acids is 1. The average Bonchev–Trinajstić information content (AvgIpc) is 3.30. The van der Waals surface area contributed by atoms with E-state index >= 15 is 0 Å². The molecular formula is C23H24FIN4O5. The van der Waals surface area contributed by atoms with Crippen molar-refractivity contribution in [3.8, 4) is 17.1 Å². The Morgan fingerprint density at radius 3 is 2.56 bits per heavy atom. The third-order valence-electron chi connectivity index (χ3n) is 4.75. The maximum atomic E-state index is 14.0. The molecule has 0 saturated carbocycles. The van der Waals surface area contributed by atoms with Crippen molar-refractivity contribution >= 4 is 34.4 Å². The summed E-state index contributed by atoms with van der Waals surface area (Å²) in [4.78, 5) is 20.7. The van der Waals surface area contributed by atoms with Gasteiger partial charge in [0.2, 0.25) is 5.82 Å². The first kappa shape index (κ1) is 25.4. The predicted molar refractivity (Wildman–Crippen MR) is 131 cm³/mol. The predicted octanol–water partition coefficient (Wildman–Crippen LogP) is 5.16. The lowest BCUT2D eigenvalue weighted by Gasteiger charge is -2.14. The van der Waals surface area contributed by atoms with Gasteiger partial charge >= 0.3 is 5.97 Å². The van der Waals surface area contributed by atoms with Crippen LogP contribution in [0.4, 0.5) is 4.39 Å². The van der Waals surface area contributed by atoms with Crippen molar-refractivity contribution in [2.45, 2.75) is 37.4 Å². The molecule has 180 valence electrons. The topological polar surface area (TPSA) is 133 Å². The summed E-state index contributed by atoms with van der Waals surface area (Å²) in [6, 6.07) is 10.6. The monoisotopic (exact) mass is 582 g/mol. The summed E-state index contributed by atoms with van der Waals surface area (Å²) in [6.07, 6.45) is -0.0188. The fourth-order valence-electron chi connectivity index (χ4n) is 2.77. The van der Waals surface area contributed by atoms with E-state index in [2.05, 4.69) is 37.9 Å². The molecule has 3 rings (SSSR count).